The number of benzene rings is 1. The van der Waals surface area contributed by atoms with Gasteiger partial charge >= 0.3 is 0 Å². The second kappa shape index (κ2) is 4.18. The van der Waals surface area contributed by atoms with Crippen molar-refractivity contribution in [2.24, 2.45) is 0 Å². The number of hydrogen-bond donors (Lipinski definition) is 1. The van der Waals surface area contributed by atoms with Gasteiger partial charge in [0.15, 0.2) is 5.78 Å². The first-order chi connectivity index (χ1) is 8.34. The molecule has 2 aromatic rings. The van der Waals surface area contributed by atoms with E-state index in [4.69, 9.17) is 4.42 Å². The molecule has 2 heterocycles. The summed E-state index contributed by atoms with van der Waals surface area (Å²) in [5.41, 5.74) is 3.18. The van der Waals surface area contributed by atoms with Crippen LogP contribution in [0.1, 0.15) is 21.5 Å². The summed E-state index contributed by atoms with van der Waals surface area (Å²) in [6.45, 7) is 0.754. The van der Waals surface area contributed by atoms with Crippen LogP contribution in [0.5, 0.6) is 0 Å². The molecular formula is C14H13NO2. The third-order valence-electron chi connectivity index (χ3n) is 3.20. The molecular weight excluding hydrogens is 214 g/mol. The summed E-state index contributed by atoms with van der Waals surface area (Å²) < 4.78 is 4.95. The molecule has 3 nitrogen and oxygen atoms in total. The third kappa shape index (κ3) is 1.89. The van der Waals surface area contributed by atoms with Crippen molar-refractivity contribution in [1.29, 1.82) is 0 Å². The Morgan fingerprint density at radius 1 is 1.24 bits per heavy atom. The summed E-state index contributed by atoms with van der Waals surface area (Å²) in [5, 5.41) is 3.27. The standard InChI is InChI=1S/C14H13NO2/c16-14(12-5-6-17-9-12)13-7-10-3-1-2-4-11(10)8-15-13/h1-6,9,13,15H,7-8H2. The molecule has 86 valence electrons. The quantitative estimate of drug-likeness (QED) is 0.799. The number of nitrogens with one attached hydrogen (secondary N) is 1. The molecule has 0 aliphatic carbocycles. The van der Waals surface area contributed by atoms with Crippen LogP contribution in [0.4, 0.5) is 0 Å². The molecule has 1 unspecified atom stereocenters. The van der Waals surface area contributed by atoms with Gasteiger partial charge in [-0.3, -0.25) is 4.79 Å². The summed E-state index contributed by atoms with van der Waals surface area (Å²) in [7, 11) is 0. The van der Waals surface area contributed by atoms with Gasteiger partial charge in [-0.25, -0.2) is 0 Å². The van der Waals surface area contributed by atoms with Crippen molar-refractivity contribution in [1.82, 2.24) is 5.32 Å². The van der Waals surface area contributed by atoms with Crippen molar-refractivity contribution < 1.29 is 9.21 Å². The molecule has 1 aromatic heterocycles. The smallest absolute Gasteiger partial charge is 0.183 e. The third-order valence-corrected chi connectivity index (χ3v) is 3.20. The van der Waals surface area contributed by atoms with Gasteiger partial charge in [0.2, 0.25) is 0 Å². The topological polar surface area (TPSA) is 42.2 Å². The molecule has 3 rings (SSSR count). The number of furan rings is 1. The zero-order chi connectivity index (χ0) is 11.7. The van der Waals surface area contributed by atoms with E-state index in [1.165, 1.54) is 23.7 Å². The molecule has 1 aliphatic heterocycles. The maximum atomic E-state index is 12.1. The van der Waals surface area contributed by atoms with Crippen LogP contribution in [0.3, 0.4) is 0 Å². The summed E-state index contributed by atoms with van der Waals surface area (Å²) in [4.78, 5) is 12.1. The first-order valence-corrected chi connectivity index (χ1v) is 5.71. The van der Waals surface area contributed by atoms with E-state index in [0.29, 0.717) is 5.56 Å². The Morgan fingerprint density at radius 3 is 2.82 bits per heavy atom. The van der Waals surface area contributed by atoms with E-state index in [9.17, 15) is 4.79 Å². The molecule has 1 N–H and O–H groups in total. The van der Waals surface area contributed by atoms with Crippen molar-refractivity contribution in [3.05, 3.63) is 59.5 Å². The fraction of sp³-hybridized carbons (Fsp3) is 0.214. The Balaban J connectivity index is 1.83. The molecule has 0 amide bonds. The minimum atomic E-state index is -0.137. The lowest BCUT2D eigenvalue weighted by Crippen LogP contribution is -2.41. The van der Waals surface area contributed by atoms with Crippen molar-refractivity contribution in [3.8, 4) is 0 Å². The van der Waals surface area contributed by atoms with Crippen LogP contribution < -0.4 is 5.32 Å². The fourth-order valence-corrected chi connectivity index (χ4v) is 2.25. The van der Waals surface area contributed by atoms with Crippen LogP contribution in [0.15, 0.2) is 47.3 Å². The van der Waals surface area contributed by atoms with Gasteiger partial charge in [-0.05, 0) is 23.6 Å². The first kappa shape index (κ1) is 10.3. The number of carbonyl (C=O) groups is 1. The van der Waals surface area contributed by atoms with Gasteiger partial charge < -0.3 is 9.73 Å². The first-order valence-electron chi connectivity index (χ1n) is 5.71. The van der Waals surface area contributed by atoms with E-state index in [0.717, 1.165) is 13.0 Å². The summed E-state index contributed by atoms with van der Waals surface area (Å²) in [6, 6.07) is 9.81. The van der Waals surface area contributed by atoms with Crippen molar-refractivity contribution >= 4 is 5.78 Å². The number of Topliss-reactive ketones (excluding diaryl/α,β-unsaturated/α-hetero) is 1. The molecule has 0 fully saturated rings. The van der Waals surface area contributed by atoms with Crippen LogP contribution in [0, 0.1) is 0 Å². The lowest BCUT2D eigenvalue weighted by atomic mass is 9.92. The van der Waals surface area contributed by atoms with E-state index in [2.05, 4.69) is 17.4 Å². The Labute approximate surface area is 99.4 Å². The van der Waals surface area contributed by atoms with Gasteiger partial charge in [0, 0.05) is 6.54 Å². The largest absolute Gasteiger partial charge is 0.472 e. The number of fused-ring (bicyclic) bond motifs is 1. The van der Waals surface area contributed by atoms with Crippen LogP contribution in [0.25, 0.3) is 0 Å². The van der Waals surface area contributed by atoms with Gasteiger partial charge in [-0.2, -0.15) is 0 Å². The molecule has 0 bridgehead atoms. The van der Waals surface area contributed by atoms with Gasteiger partial charge in [0.25, 0.3) is 0 Å². The Bertz CT molecular complexity index is 531. The molecule has 0 radical (unpaired) electrons. The van der Waals surface area contributed by atoms with Gasteiger partial charge in [-0.15, -0.1) is 0 Å². The summed E-state index contributed by atoms with van der Waals surface area (Å²) in [6.07, 6.45) is 3.79. The molecule has 0 saturated carbocycles. The zero-order valence-corrected chi connectivity index (χ0v) is 9.35. The van der Waals surface area contributed by atoms with E-state index in [1.54, 1.807) is 6.07 Å². The number of carbonyl (C=O) groups excluding carboxylic acids is 1. The summed E-state index contributed by atoms with van der Waals surface area (Å²) in [5.74, 6) is 0.105. The lowest BCUT2D eigenvalue weighted by molar-refractivity contribution is 0.0937. The maximum Gasteiger partial charge on any atom is 0.183 e. The highest BCUT2D eigenvalue weighted by atomic mass is 16.3. The predicted octanol–water partition coefficient (Wildman–Crippen LogP) is 2.18. The SMILES string of the molecule is O=C(c1ccoc1)C1Cc2ccccc2CN1. The molecule has 3 heteroatoms. The minimum absolute atomic E-state index is 0.105. The van der Waals surface area contributed by atoms with Crippen molar-refractivity contribution in [2.45, 2.75) is 19.0 Å². The highest BCUT2D eigenvalue weighted by Crippen LogP contribution is 2.18. The van der Waals surface area contributed by atoms with Crippen molar-refractivity contribution in [3.63, 3.8) is 0 Å². The van der Waals surface area contributed by atoms with Gasteiger partial charge in [0.05, 0.1) is 17.9 Å². The Kier molecular flexibility index (Phi) is 2.53. The molecule has 0 saturated heterocycles. The second-order valence-electron chi connectivity index (χ2n) is 4.28. The molecule has 17 heavy (non-hydrogen) atoms. The maximum absolute atomic E-state index is 12.1. The average molecular weight is 227 g/mol. The van der Waals surface area contributed by atoms with E-state index in [1.807, 2.05) is 12.1 Å². The van der Waals surface area contributed by atoms with Crippen LogP contribution in [-0.2, 0) is 13.0 Å². The highest BCUT2D eigenvalue weighted by molar-refractivity contribution is 6.00. The Hall–Kier alpha value is -1.87. The monoisotopic (exact) mass is 227 g/mol. The number of hydrogen-bond acceptors (Lipinski definition) is 3. The normalized spacial score (nSPS) is 18.7. The van der Waals surface area contributed by atoms with Crippen LogP contribution in [-0.4, -0.2) is 11.8 Å². The minimum Gasteiger partial charge on any atom is -0.472 e. The second-order valence-corrected chi connectivity index (χ2v) is 4.28. The van der Waals surface area contributed by atoms with Crippen LogP contribution >= 0.6 is 0 Å². The van der Waals surface area contributed by atoms with Crippen molar-refractivity contribution in [2.75, 3.05) is 0 Å². The molecule has 1 atom stereocenters. The average Bonchev–Trinajstić information content (AvgIpc) is 2.91. The van der Waals surface area contributed by atoms with E-state index in [-0.39, 0.29) is 11.8 Å². The molecule has 0 spiro atoms. The van der Waals surface area contributed by atoms with E-state index >= 15 is 0 Å². The molecule has 1 aromatic carbocycles. The van der Waals surface area contributed by atoms with Gasteiger partial charge in [0.1, 0.15) is 6.26 Å². The van der Waals surface area contributed by atoms with Crippen LogP contribution in [0.2, 0.25) is 0 Å². The summed E-state index contributed by atoms with van der Waals surface area (Å²) >= 11 is 0. The Morgan fingerprint density at radius 2 is 2.06 bits per heavy atom. The lowest BCUT2D eigenvalue weighted by Gasteiger charge is -2.24. The predicted molar refractivity (Wildman–Crippen MR) is 63.8 cm³/mol. The number of rotatable bonds is 2. The zero-order valence-electron chi connectivity index (χ0n) is 9.35. The van der Waals surface area contributed by atoms with Gasteiger partial charge in [-0.1, -0.05) is 24.3 Å². The fourth-order valence-electron chi connectivity index (χ4n) is 2.25. The number of ketones is 1. The highest BCUT2D eigenvalue weighted by Gasteiger charge is 2.25. The molecule has 1 aliphatic rings. The van der Waals surface area contributed by atoms with E-state index < -0.39 is 0 Å².